The smallest absolute Gasteiger partial charge is 0.275 e. The number of hydrogen-bond donors (Lipinski definition) is 1. The zero-order valence-electron chi connectivity index (χ0n) is 16.9. The average Bonchev–Trinajstić information content (AvgIpc) is 2.76. The molecule has 0 fully saturated rings. The quantitative estimate of drug-likeness (QED) is 0.219. The molecule has 166 valence electrons. The Morgan fingerprint density at radius 2 is 1.78 bits per heavy atom. The molecule has 0 spiro atoms. The number of benzene rings is 3. The van der Waals surface area contributed by atoms with E-state index in [0.717, 1.165) is 20.1 Å². The normalized spacial score (nSPS) is 10.9. The second-order valence-electron chi connectivity index (χ2n) is 6.47. The van der Waals surface area contributed by atoms with Crippen molar-refractivity contribution in [2.75, 3.05) is 6.61 Å². The van der Waals surface area contributed by atoms with Gasteiger partial charge in [-0.2, -0.15) is 5.10 Å². The van der Waals surface area contributed by atoms with Crippen LogP contribution in [-0.4, -0.2) is 18.7 Å². The molecule has 32 heavy (non-hydrogen) atoms. The maximum absolute atomic E-state index is 12.7. The van der Waals surface area contributed by atoms with Gasteiger partial charge in [0.05, 0.1) is 27.3 Å². The highest BCUT2D eigenvalue weighted by atomic mass is 79.9. The lowest BCUT2D eigenvalue weighted by molar-refractivity contribution is 0.0950. The third kappa shape index (κ3) is 6.48. The van der Waals surface area contributed by atoms with E-state index in [2.05, 4.69) is 42.4 Å². The summed E-state index contributed by atoms with van der Waals surface area (Å²) in [5.74, 6) is 0.724. The Balaban J connectivity index is 1.68. The monoisotopic (exact) mass is 598 g/mol. The first-order valence-corrected chi connectivity index (χ1v) is 11.8. The SMILES string of the molecule is CCOc1c(Br)cc(/C=N/NC(=O)c2ccccc2OCc2ccc(Cl)cc2Cl)cc1Br. The van der Waals surface area contributed by atoms with E-state index in [1.165, 1.54) is 0 Å². The van der Waals surface area contributed by atoms with Crippen molar-refractivity contribution in [3.05, 3.63) is 90.3 Å². The molecule has 0 heterocycles. The van der Waals surface area contributed by atoms with Gasteiger partial charge in [0, 0.05) is 15.6 Å². The zero-order valence-corrected chi connectivity index (χ0v) is 21.6. The molecule has 0 saturated carbocycles. The largest absolute Gasteiger partial charge is 0.492 e. The fraction of sp³-hybridized carbons (Fsp3) is 0.130. The standard InChI is InChI=1S/C23H18Br2Cl2N2O3/c1-2-31-22-18(24)9-14(10-19(22)25)12-28-29-23(30)17-5-3-4-6-21(17)32-13-15-7-8-16(26)11-20(15)27/h3-12H,2,13H2,1H3,(H,29,30)/b28-12+. The highest BCUT2D eigenvalue weighted by Crippen LogP contribution is 2.34. The number of carbonyl (C=O) groups is 1. The molecule has 3 aromatic carbocycles. The minimum Gasteiger partial charge on any atom is -0.492 e. The number of halogens is 4. The van der Waals surface area contributed by atoms with Gasteiger partial charge in [-0.3, -0.25) is 4.79 Å². The number of nitrogens with zero attached hydrogens (tertiary/aromatic N) is 1. The summed E-state index contributed by atoms with van der Waals surface area (Å²) in [5, 5.41) is 5.10. The third-order valence-electron chi connectivity index (χ3n) is 4.22. The summed E-state index contributed by atoms with van der Waals surface area (Å²) >= 11 is 19.1. The Kier molecular flexibility index (Phi) is 8.99. The molecular weight excluding hydrogens is 583 g/mol. The van der Waals surface area contributed by atoms with E-state index < -0.39 is 5.91 Å². The fourth-order valence-corrected chi connectivity index (χ4v) is 4.65. The molecule has 0 radical (unpaired) electrons. The average molecular weight is 601 g/mol. The number of amides is 1. The fourth-order valence-electron chi connectivity index (χ4n) is 2.74. The van der Waals surface area contributed by atoms with Crippen molar-refractivity contribution in [3.63, 3.8) is 0 Å². The first-order valence-electron chi connectivity index (χ1n) is 9.50. The Morgan fingerprint density at radius 1 is 1.06 bits per heavy atom. The van der Waals surface area contributed by atoms with E-state index in [1.54, 1.807) is 48.7 Å². The van der Waals surface area contributed by atoms with Crippen molar-refractivity contribution in [3.8, 4) is 11.5 Å². The van der Waals surface area contributed by atoms with E-state index in [4.69, 9.17) is 32.7 Å². The molecule has 0 atom stereocenters. The number of rotatable bonds is 8. The predicted molar refractivity (Wildman–Crippen MR) is 135 cm³/mol. The van der Waals surface area contributed by atoms with Crippen LogP contribution < -0.4 is 14.9 Å². The summed E-state index contributed by atoms with van der Waals surface area (Å²) in [6, 6.07) is 15.8. The first-order chi connectivity index (χ1) is 15.4. The maximum atomic E-state index is 12.7. The molecule has 0 bridgehead atoms. The van der Waals surface area contributed by atoms with E-state index >= 15 is 0 Å². The molecule has 0 aliphatic heterocycles. The molecule has 9 heteroatoms. The molecule has 0 aromatic heterocycles. The lowest BCUT2D eigenvalue weighted by Crippen LogP contribution is -2.18. The van der Waals surface area contributed by atoms with Crippen LogP contribution in [-0.2, 0) is 6.61 Å². The number of carbonyl (C=O) groups excluding carboxylic acids is 1. The second kappa shape index (κ2) is 11.7. The minimum absolute atomic E-state index is 0.192. The number of hydrazone groups is 1. The summed E-state index contributed by atoms with van der Waals surface area (Å²) < 4.78 is 13.0. The summed E-state index contributed by atoms with van der Waals surface area (Å²) in [4.78, 5) is 12.7. The third-order valence-corrected chi connectivity index (χ3v) is 5.98. The van der Waals surface area contributed by atoms with Gasteiger partial charge in [-0.15, -0.1) is 0 Å². The van der Waals surface area contributed by atoms with Gasteiger partial charge >= 0.3 is 0 Å². The highest BCUT2D eigenvalue weighted by molar-refractivity contribution is 9.11. The first kappa shape index (κ1) is 24.6. The van der Waals surface area contributed by atoms with Crippen LogP contribution in [0.5, 0.6) is 11.5 Å². The van der Waals surface area contributed by atoms with E-state index in [-0.39, 0.29) is 6.61 Å². The van der Waals surface area contributed by atoms with Crippen LogP contribution in [0.1, 0.15) is 28.4 Å². The molecule has 0 aliphatic rings. The van der Waals surface area contributed by atoms with Crippen LogP contribution in [0, 0.1) is 0 Å². The molecular formula is C23H18Br2Cl2N2O3. The molecule has 0 unspecified atom stereocenters. The van der Waals surface area contributed by atoms with Crippen LogP contribution >= 0.6 is 55.1 Å². The molecule has 1 amide bonds. The Morgan fingerprint density at radius 3 is 2.47 bits per heavy atom. The van der Waals surface area contributed by atoms with Gasteiger partial charge in [-0.1, -0.05) is 41.4 Å². The summed E-state index contributed by atoms with van der Waals surface area (Å²) in [6.45, 7) is 2.65. The Labute approximate surface area is 213 Å². The molecule has 0 aliphatic carbocycles. The predicted octanol–water partition coefficient (Wildman–Crippen LogP) is 7.26. The number of para-hydroxylation sites is 1. The molecule has 3 rings (SSSR count). The summed E-state index contributed by atoms with van der Waals surface area (Å²) in [6.07, 6.45) is 1.54. The minimum atomic E-state index is -0.400. The van der Waals surface area contributed by atoms with Gasteiger partial charge < -0.3 is 9.47 Å². The van der Waals surface area contributed by atoms with Gasteiger partial charge in [0.15, 0.2) is 0 Å². The number of hydrogen-bond acceptors (Lipinski definition) is 4. The Hall–Kier alpha value is -2.06. The topological polar surface area (TPSA) is 59.9 Å². The van der Waals surface area contributed by atoms with Crippen molar-refractivity contribution < 1.29 is 14.3 Å². The zero-order chi connectivity index (χ0) is 23.1. The molecule has 1 N–H and O–H groups in total. The van der Waals surface area contributed by atoms with Crippen LogP contribution in [0.3, 0.4) is 0 Å². The van der Waals surface area contributed by atoms with Gasteiger partial charge in [-0.25, -0.2) is 5.43 Å². The van der Waals surface area contributed by atoms with E-state index in [9.17, 15) is 4.79 Å². The number of ether oxygens (including phenoxy) is 2. The van der Waals surface area contributed by atoms with Crippen LogP contribution in [0.4, 0.5) is 0 Å². The molecule has 5 nitrogen and oxygen atoms in total. The number of nitrogens with one attached hydrogen (secondary N) is 1. The van der Waals surface area contributed by atoms with Gasteiger partial charge in [-0.05, 0) is 80.7 Å². The summed E-state index contributed by atoms with van der Waals surface area (Å²) in [5.41, 5.74) is 4.41. The van der Waals surface area contributed by atoms with E-state index in [0.29, 0.717) is 33.7 Å². The van der Waals surface area contributed by atoms with Gasteiger partial charge in [0.2, 0.25) is 0 Å². The van der Waals surface area contributed by atoms with Crippen LogP contribution in [0.2, 0.25) is 10.0 Å². The summed E-state index contributed by atoms with van der Waals surface area (Å²) in [7, 11) is 0. The molecule has 3 aromatic rings. The lowest BCUT2D eigenvalue weighted by atomic mass is 10.2. The van der Waals surface area contributed by atoms with Crippen molar-refractivity contribution in [1.29, 1.82) is 0 Å². The van der Waals surface area contributed by atoms with Crippen molar-refractivity contribution >= 4 is 67.2 Å². The van der Waals surface area contributed by atoms with Crippen molar-refractivity contribution in [1.82, 2.24) is 5.43 Å². The van der Waals surface area contributed by atoms with Crippen LogP contribution in [0.15, 0.2) is 68.6 Å². The van der Waals surface area contributed by atoms with Gasteiger partial charge in [0.25, 0.3) is 5.91 Å². The lowest BCUT2D eigenvalue weighted by Gasteiger charge is -2.11. The maximum Gasteiger partial charge on any atom is 0.275 e. The Bertz CT molecular complexity index is 1130. The highest BCUT2D eigenvalue weighted by Gasteiger charge is 2.13. The molecule has 0 saturated heterocycles. The van der Waals surface area contributed by atoms with Crippen molar-refractivity contribution in [2.45, 2.75) is 13.5 Å². The van der Waals surface area contributed by atoms with Gasteiger partial charge in [0.1, 0.15) is 18.1 Å². The van der Waals surface area contributed by atoms with E-state index in [1.807, 2.05) is 19.1 Å². The second-order valence-corrected chi connectivity index (χ2v) is 9.02. The van der Waals surface area contributed by atoms with Crippen LogP contribution in [0.25, 0.3) is 0 Å². The van der Waals surface area contributed by atoms with Crippen molar-refractivity contribution in [2.24, 2.45) is 5.10 Å².